The minimum absolute atomic E-state index is 0.241. The number of likely N-dealkylation sites (tertiary alicyclic amines) is 1. The quantitative estimate of drug-likeness (QED) is 0.523. The Bertz CT molecular complexity index is 1340. The molecular weight excluding hydrogens is 462 g/mol. The van der Waals surface area contributed by atoms with Crippen molar-refractivity contribution in [2.24, 2.45) is 0 Å². The highest BCUT2D eigenvalue weighted by molar-refractivity contribution is 7.90. The zero-order valence-electron chi connectivity index (χ0n) is 20.2. The largest absolute Gasteiger partial charge is 0.437 e. The summed E-state index contributed by atoms with van der Waals surface area (Å²) >= 11 is 0. The summed E-state index contributed by atoms with van der Waals surface area (Å²) in [4.78, 5) is 11.5. The van der Waals surface area contributed by atoms with Crippen LogP contribution in [0.3, 0.4) is 0 Å². The number of nitriles is 1. The Labute approximate surface area is 206 Å². The summed E-state index contributed by atoms with van der Waals surface area (Å²) in [5.41, 5.74) is 3.47. The lowest BCUT2D eigenvalue weighted by atomic mass is 10.0. The van der Waals surface area contributed by atoms with Gasteiger partial charge in [0.25, 0.3) is 0 Å². The van der Waals surface area contributed by atoms with Gasteiger partial charge in [-0.1, -0.05) is 18.2 Å². The Morgan fingerprint density at radius 2 is 1.86 bits per heavy atom. The molecule has 0 unspecified atom stereocenters. The highest BCUT2D eigenvalue weighted by Crippen LogP contribution is 2.29. The van der Waals surface area contributed by atoms with Crippen LogP contribution in [0.25, 0.3) is 0 Å². The highest BCUT2D eigenvalue weighted by Gasteiger charge is 2.20. The molecule has 0 amide bonds. The van der Waals surface area contributed by atoms with Crippen molar-refractivity contribution >= 4 is 15.8 Å². The van der Waals surface area contributed by atoms with Gasteiger partial charge in [0.05, 0.1) is 10.5 Å². The minimum atomic E-state index is -3.18. The van der Waals surface area contributed by atoms with E-state index in [1.807, 2.05) is 32.0 Å². The predicted octanol–water partition coefficient (Wildman–Crippen LogP) is 4.24. The van der Waals surface area contributed by atoms with Gasteiger partial charge >= 0.3 is 0 Å². The first-order valence-electron chi connectivity index (χ1n) is 11.5. The maximum Gasteiger partial charge on any atom is 0.226 e. The Morgan fingerprint density at radius 1 is 1.14 bits per heavy atom. The number of ether oxygens (including phenoxy) is 1. The molecule has 2 heterocycles. The first-order chi connectivity index (χ1) is 16.7. The van der Waals surface area contributed by atoms with Crippen LogP contribution >= 0.6 is 0 Å². The Morgan fingerprint density at radius 3 is 2.51 bits per heavy atom. The van der Waals surface area contributed by atoms with Gasteiger partial charge in [-0.2, -0.15) is 10.2 Å². The lowest BCUT2D eigenvalue weighted by molar-refractivity contribution is 0.211. The van der Waals surface area contributed by atoms with Crippen LogP contribution in [0.5, 0.6) is 11.6 Å². The zero-order valence-corrected chi connectivity index (χ0v) is 21.0. The van der Waals surface area contributed by atoms with Gasteiger partial charge in [0.15, 0.2) is 9.84 Å². The van der Waals surface area contributed by atoms with Gasteiger partial charge in [-0.15, -0.1) is 0 Å². The van der Waals surface area contributed by atoms with Gasteiger partial charge in [-0.05, 0) is 61.6 Å². The molecule has 0 saturated carbocycles. The lowest BCUT2D eigenvalue weighted by Gasteiger charge is -2.32. The van der Waals surface area contributed by atoms with Gasteiger partial charge < -0.3 is 10.1 Å². The summed E-state index contributed by atoms with van der Waals surface area (Å²) < 4.78 is 29.3. The average Bonchev–Trinajstić information content (AvgIpc) is 2.82. The summed E-state index contributed by atoms with van der Waals surface area (Å²) in [5.74, 6) is 1.40. The lowest BCUT2D eigenvalue weighted by Crippen LogP contribution is -2.38. The smallest absolute Gasteiger partial charge is 0.226 e. The molecule has 35 heavy (non-hydrogen) atoms. The normalized spacial score (nSPS) is 14.9. The van der Waals surface area contributed by atoms with Crippen molar-refractivity contribution in [3.05, 3.63) is 70.9 Å². The molecule has 1 N–H and O–H groups in total. The maximum atomic E-state index is 11.6. The van der Waals surface area contributed by atoms with Crippen LogP contribution < -0.4 is 10.1 Å². The fourth-order valence-corrected chi connectivity index (χ4v) is 4.89. The molecule has 3 aromatic rings. The van der Waals surface area contributed by atoms with Crippen LogP contribution in [0.15, 0.2) is 53.6 Å². The number of aryl methyl sites for hydroxylation is 2. The fourth-order valence-electron chi connectivity index (χ4n) is 4.26. The van der Waals surface area contributed by atoms with Crippen LogP contribution in [-0.2, 0) is 16.4 Å². The zero-order chi connectivity index (χ0) is 25.0. The summed E-state index contributed by atoms with van der Waals surface area (Å²) in [6, 6.07) is 15.0. The van der Waals surface area contributed by atoms with E-state index in [9.17, 15) is 13.7 Å². The first-order valence-corrected chi connectivity index (χ1v) is 13.4. The van der Waals surface area contributed by atoms with Crippen molar-refractivity contribution in [3.8, 4) is 17.7 Å². The number of hydrogen-bond acceptors (Lipinski definition) is 8. The van der Waals surface area contributed by atoms with Crippen LogP contribution in [0.4, 0.5) is 5.95 Å². The number of nitrogens with one attached hydrogen (secondary N) is 1. The van der Waals surface area contributed by atoms with E-state index in [0.717, 1.165) is 49.2 Å². The van der Waals surface area contributed by atoms with E-state index in [1.54, 1.807) is 30.5 Å². The van der Waals surface area contributed by atoms with Gasteiger partial charge in [-0.3, -0.25) is 4.90 Å². The van der Waals surface area contributed by atoms with E-state index >= 15 is 0 Å². The predicted molar refractivity (Wildman–Crippen MR) is 134 cm³/mol. The Hall–Kier alpha value is -3.48. The molecule has 1 aromatic heterocycles. The summed E-state index contributed by atoms with van der Waals surface area (Å²) in [6.07, 6.45) is 4.74. The number of nitrogens with zero attached hydrogens (tertiary/aromatic N) is 4. The molecule has 182 valence electrons. The molecule has 9 heteroatoms. The molecule has 1 fully saturated rings. The van der Waals surface area contributed by atoms with Crippen molar-refractivity contribution in [2.45, 2.75) is 44.2 Å². The molecular formula is C26H29N5O3S. The summed E-state index contributed by atoms with van der Waals surface area (Å²) in [7, 11) is -3.18. The molecule has 2 aromatic carbocycles. The summed E-state index contributed by atoms with van der Waals surface area (Å²) in [5, 5.41) is 12.9. The number of piperidine rings is 1. The highest BCUT2D eigenvalue weighted by atomic mass is 32.2. The molecule has 1 aliphatic rings. The van der Waals surface area contributed by atoms with E-state index in [0.29, 0.717) is 28.0 Å². The van der Waals surface area contributed by atoms with Crippen LogP contribution in [0.1, 0.15) is 35.1 Å². The first kappa shape index (κ1) is 24.6. The number of hydrogen-bond donors (Lipinski definition) is 1. The maximum absolute atomic E-state index is 11.6. The van der Waals surface area contributed by atoms with Crippen LogP contribution in [0.2, 0.25) is 0 Å². The minimum Gasteiger partial charge on any atom is -0.437 e. The third-order valence-corrected chi connectivity index (χ3v) is 7.18. The molecule has 1 saturated heterocycles. The third-order valence-electron chi connectivity index (χ3n) is 6.05. The number of sulfone groups is 1. The fraction of sp³-hybridized carbons (Fsp3) is 0.346. The van der Waals surface area contributed by atoms with Crippen LogP contribution in [0, 0.1) is 25.2 Å². The Balaban J connectivity index is 1.33. The van der Waals surface area contributed by atoms with Crippen molar-refractivity contribution < 1.29 is 13.2 Å². The van der Waals surface area contributed by atoms with Crippen molar-refractivity contribution in [3.63, 3.8) is 0 Å². The SMILES string of the molecule is Cc1cc(C)c(Oc2ccnc(NC3CCN(Cc4ccc(S(C)(=O)=O)cc4)CC3)n2)c(C#N)c1. The second-order valence-electron chi connectivity index (χ2n) is 9.00. The topological polar surface area (TPSA) is 108 Å². The van der Waals surface area contributed by atoms with Crippen LogP contribution in [-0.4, -0.2) is 48.7 Å². The van der Waals surface area contributed by atoms with Gasteiger partial charge in [0.2, 0.25) is 11.8 Å². The van der Waals surface area contributed by atoms with Crippen molar-refractivity contribution in [2.75, 3.05) is 24.7 Å². The van der Waals surface area contributed by atoms with Gasteiger partial charge in [0.1, 0.15) is 11.8 Å². The molecule has 0 radical (unpaired) electrons. The molecule has 1 aliphatic heterocycles. The van der Waals surface area contributed by atoms with Crippen molar-refractivity contribution in [1.29, 1.82) is 5.26 Å². The van der Waals surface area contributed by atoms with E-state index in [2.05, 4.69) is 26.3 Å². The van der Waals surface area contributed by atoms with E-state index in [-0.39, 0.29) is 6.04 Å². The molecule has 0 aliphatic carbocycles. The second-order valence-corrected chi connectivity index (χ2v) is 11.0. The van der Waals surface area contributed by atoms with E-state index < -0.39 is 9.84 Å². The Kier molecular flexibility index (Phi) is 7.34. The molecule has 4 rings (SSSR count). The van der Waals surface area contributed by atoms with Gasteiger partial charge in [0, 0.05) is 44.2 Å². The third kappa shape index (κ3) is 6.35. The second kappa shape index (κ2) is 10.4. The molecule has 0 spiro atoms. The number of aromatic nitrogens is 2. The van der Waals surface area contributed by atoms with E-state index in [1.165, 1.54) is 6.26 Å². The molecule has 0 bridgehead atoms. The summed E-state index contributed by atoms with van der Waals surface area (Å²) in [6.45, 7) is 6.47. The van der Waals surface area contributed by atoms with E-state index in [4.69, 9.17) is 4.74 Å². The monoisotopic (exact) mass is 491 g/mol. The number of anilines is 1. The van der Waals surface area contributed by atoms with Crippen molar-refractivity contribution in [1.82, 2.24) is 14.9 Å². The molecule has 8 nitrogen and oxygen atoms in total. The number of rotatable bonds is 7. The standard InChI is InChI=1S/C26H29N5O3S/c1-18-14-19(2)25(21(15-18)16-27)34-24-8-11-28-26(30-24)29-22-9-12-31(13-10-22)17-20-4-6-23(7-5-20)35(3,32)33/h4-8,11,14-15,22H,9-10,12-13,17H2,1-3H3,(H,28,29,30). The average molecular weight is 492 g/mol. The van der Waals surface area contributed by atoms with Gasteiger partial charge in [-0.25, -0.2) is 13.4 Å². The number of benzene rings is 2. The molecule has 0 atom stereocenters.